The molecule has 1 saturated heterocycles. The Balaban J connectivity index is 1.27. The van der Waals surface area contributed by atoms with E-state index in [2.05, 4.69) is 143 Å². The summed E-state index contributed by atoms with van der Waals surface area (Å²) in [5, 5.41) is 0. The van der Waals surface area contributed by atoms with Crippen molar-refractivity contribution < 1.29 is 0 Å². The summed E-state index contributed by atoms with van der Waals surface area (Å²) in [6.45, 7) is 3.28. The van der Waals surface area contributed by atoms with Gasteiger partial charge in [-0.2, -0.15) is 0 Å². The molecule has 0 atom stereocenters. The number of hydrogen-bond acceptors (Lipinski definition) is 2. The quantitative estimate of drug-likeness (QED) is 0.160. The maximum Gasteiger partial charge on any atom is 0.121 e. The molecule has 6 rings (SSSR count). The van der Waals surface area contributed by atoms with Crippen LogP contribution < -0.4 is 0 Å². The van der Waals surface area contributed by atoms with Crippen molar-refractivity contribution in [3.05, 3.63) is 173 Å². The van der Waals surface area contributed by atoms with Crippen molar-refractivity contribution in [1.29, 1.82) is 0 Å². The Morgan fingerprint density at radius 3 is 1.64 bits per heavy atom. The molecule has 0 spiro atoms. The SMILES string of the molecule is C(Cc1cn(C(c2ccccc2)(c2ccccc2)c2ccccc2)cn1)=C1CCN(Cc2ccccc2)CC1. The molecule has 0 unspecified atom stereocenters. The van der Waals surface area contributed by atoms with Crippen molar-refractivity contribution in [2.24, 2.45) is 0 Å². The van der Waals surface area contributed by atoms with Crippen LogP contribution in [-0.4, -0.2) is 27.5 Å². The Morgan fingerprint density at radius 2 is 1.13 bits per heavy atom. The summed E-state index contributed by atoms with van der Waals surface area (Å²) in [7, 11) is 0. The number of benzene rings is 4. The van der Waals surface area contributed by atoms with Gasteiger partial charge in [-0.3, -0.25) is 4.90 Å². The number of imidazole rings is 1. The lowest BCUT2D eigenvalue weighted by molar-refractivity contribution is 0.248. The van der Waals surface area contributed by atoms with Gasteiger partial charge in [0.15, 0.2) is 0 Å². The van der Waals surface area contributed by atoms with Gasteiger partial charge < -0.3 is 4.57 Å². The van der Waals surface area contributed by atoms with Crippen LogP contribution >= 0.6 is 0 Å². The molecule has 0 N–H and O–H groups in total. The number of nitrogens with zero attached hydrogens (tertiary/aromatic N) is 3. The van der Waals surface area contributed by atoms with E-state index < -0.39 is 5.54 Å². The standard InChI is InChI=1S/C36H35N3/c1-5-13-31(14-6-1)27-38-25-23-30(24-26-38)21-22-35-28-39(29-37-35)36(32-15-7-2-8-16-32,33-17-9-3-10-18-33)34-19-11-4-12-20-34/h1-21,28-29H,22-27H2. The van der Waals surface area contributed by atoms with Crippen molar-refractivity contribution in [2.75, 3.05) is 13.1 Å². The molecule has 5 aromatic rings. The van der Waals surface area contributed by atoms with Crippen molar-refractivity contribution >= 4 is 0 Å². The average Bonchev–Trinajstić information content (AvgIpc) is 3.49. The van der Waals surface area contributed by atoms with Crippen LogP contribution in [0.5, 0.6) is 0 Å². The normalized spacial score (nSPS) is 14.3. The molecule has 0 saturated carbocycles. The summed E-state index contributed by atoms with van der Waals surface area (Å²) in [5.74, 6) is 0. The lowest BCUT2D eigenvalue weighted by atomic mass is 9.77. The third-order valence-corrected chi connectivity index (χ3v) is 7.95. The van der Waals surface area contributed by atoms with Gasteiger partial charge >= 0.3 is 0 Å². The van der Waals surface area contributed by atoms with Gasteiger partial charge in [0.2, 0.25) is 0 Å². The molecule has 3 nitrogen and oxygen atoms in total. The molecule has 0 amide bonds. The second-order valence-electron chi connectivity index (χ2n) is 10.4. The first kappa shape index (κ1) is 25.1. The fourth-order valence-corrected chi connectivity index (χ4v) is 5.93. The summed E-state index contributed by atoms with van der Waals surface area (Å²) in [6, 6.07) is 43.2. The Labute approximate surface area is 232 Å². The van der Waals surface area contributed by atoms with E-state index in [0.29, 0.717) is 0 Å². The molecule has 0 radical (unpaired) electrons. The molecule has 1 fully saturated rings. The lowest BCUT2D eigenvalue weighted by Crippen LogP contribution is -2.36. The molecule has 194 valence electrons. The monoisotopic (exact) mass is 509 g/mol. The van der Waals surface area contributed by atoms with Gasteiger partial charge in [-0.1, -0.05) is 133 Å². The number of allylic oxidation sites excluding steroid dienone is 1. The summed E-state index contributed by atoms with van der Waals surface area (Å²) in [6.07, 6.45) is 9.81. The van der Waals surface area contributed by atoms with E-state index in [9.17, 15) is 0 Å². The predicted molar refractivity (Wildman–Crippen MR) is 160 cm³/mol. The van der Waals surface area contributed by atoms with Crippen molar-refractivity contribution in [3.8, 4) is 0 Å². The Bertz CT molecular complexity index is 1380. The van der Waals surface area contributed by atoms with Gasteiger partial charge in [0.1, 0.15) is 5.54 Å². The van der Waals surface area contributed by atoms with E-state index in [4.69, 9.17) is 4.98 Å². The van der Waals surface area contributed by atoms with Crippen LogP contribution in [0.3, 0.4) is 0 Å². The molecule has 0 aliphatic carbocycles. The zero-order chi connectivity index (χ0) is 26.3. The molecule has 1 aromatic heterocycles. The van der Waals surface area contributed by atoms with Gasteiger partial charge in [-0.15, -0.1) is 0 Å². The second kappa shape index (κ2) is 11.7. The van der Waals surface area contributed by atoms with Gasteiger partial charge in [-0.25, -0.2) is 4.98 Å². The summed E-state index contributed by atoms with van der Waals surface area (Å²) in [5.41, 5.74) is 7.19. The van der Waals surface area contributed by atoms with Crippen molar-refractivity contribution in [2.45, 2.75) is 31.3 Å². The first-order valence-corrected chi connectivity index (χ1v) is 14.0. The summed E-state index contributed by atoms with van der Waals surface area (Å²) < 4.78 is 2.31. The third-order valence-electron chi connectivity index (χ3n) is 7.95. The highest BCUT2D eigenvalue weighted by Crippen LogP contribution is 2.40. The Kier molecular flexibility index (Phi) is 7.51. The van der Waals surface area contributed by atoms with E-state index in [1.54, 1.807) is 5.57 Å². The minimum atomic E-state index is -0.509. The van der Waals surface area contributed by atoms with Gasteiger partial charge in [0.05, 0.1) is 12.0 Å². The van der Waals surface area contributed by atoms with E-state index in [0.717, 1.165) is 44.6 Å². The number of hydrogen-bond donors (Lipinski definition) is 0. The van der Waals surface area contributed by atoms with Crippen LogP contribution in [0.2, 0.25) is 0 Å². The Hall–Kier alpha value is -4.21. The fraction of sp³-hybridized carbons (Fsp3) is 0.194. The maximum atomic E-state index is 4.92. The fourth-order valence-electron chi connectivity index (χ4n) is 5.93. The van der Waals surface area contributed by atoms with E-state index in [1.165, 1.54) is 22.3 Å². The first-order valence-electron chi connectivity index (χ1n) is 14.0. The zero-order valence-corrected chi connectivity index (χ0v) is 22.4. The highest BCUT2D eigenvalue weighted by molar-refractivity contribution is 5.50. The zero-order valence-electron chi connectivity index (χ0n) is 22.4. The largest absolute Gasteiger partial charge is 0.319 e. The van der Waals surface area contributed by atoms with E-state index >= 15 is 0 Å². The van der Waals surface area contributed by atoms with Gasteiger partial charge in [0, 0.05) is 32.3 Å². The van der Waals surface area contributed by atoms with Crippen LogP contribution in [0.4, 0.5) is 0 Å². The summed E-state index contributed by atoms with van der Waals surface area (Å²) >= 11 is 0. The lowest BCUT2D eigenvalue weighted by Gasteiger charge is -2.37. The molecular formula is C36H35N3. The highest BCUT2D eigenvalue weighted by atomic mass is 15.1. The van der Waals surface area contributed by atoms with Crippen LogP contribution in [0, 0.1) is 0 Å². The highest BCUT2D eigenvalue weighted by Gasteiger charge is 2.38. The topological polar surface area (TPSA) is 21.1 Å². The van der Waals surface area contributed by atoms with E-state index in [1.807, 2.05) is 6.33 Å². The van der Waals surface area contributed by atoms with Gasteiger partial charge in [0.25, 0.3) is 0 Å². The molecule has 1 aliphatic heterocycles. The molecule has 1 aliphatic rings. The number of piperidine rings is 1. The Morgan fingerprint density at radius 1 is 0.641 bits per heavy atom. The van der Waals surface area contributed by atoms with Crippen molar-refractivity contribution in [3.63, 3.8) is 0 Å². The van der Waals surface area contributed by atoms with Crippen LogP contribution in [0.25, 0.3) is 0 Å². The average molecular weight is 510 g/mol. The first-order chi connectivity index (χ1) is 19.3. The molecule has 3 heteroatoms. The third kappa shape index (κ3) is 5.36. The number of aromatic nitrogens is 2. The molecular weight excluding hydrogens is 474 g/mol. The summed E-state index contributed by atoms with van der Waals surface area (Å²) in [4.78, 5) is 7.49. The maximum absolute atomic E-state index is 4.92. The molecule has 39 heavy (non-hydrogen) atoms. The van der Waals surface area contributed by atoms with Crippen LogP contribution in [0.15, 0.2) is 146 Å². The minimum Gasteiger partial charge on any atom is -0.319 e. The second-order valence-corrected chi connectivity index (χ2v) is 10.4. The minimum absolute atomic E-state index is 0.509. The molecule has 4 aromatic carbocycles. The van der Waals surface area contributed by atoms with Crippen LogP contribution in [-0.2, 0) is 18.5 Å². The van der Waals surface area contributed by atoms with Crippen molar-refractivity contribution in [1.82, 2.24) is 14.5 Å². The van der Waals surface area contributed by atoms with Gasteiger partial charge in [-0.05, 0) is 35.1 Å². The number of rotatable bonds is 8. The van der Waals surface area contributed by atoms with E-state index in [-0.39, 0.29) is 0 Å². The number of likely N-dealkylation sites (tertiary alicyclic amines) is 1. The predicted octanol–water partition coefficient (Wildman–Crippen LogP) is 7.49. The van der Waals surface area contributed by atoms with Crippen LogP contribution in [0.1, 0.15) is 40.8 Å². The molecule has 0 bridgehead atoms. The smallest absolute Gasteiger partial charge is 0.121 e. The molecule has 2 heterocycles.